The monoisotopic (exact) mass is 309 g/mol. The lowest BCUT2D eigenvalue weighted by Crippen LogP contribution is -2.29. The predicted molar refractivity (Wildman–Crippen MR) is 67.6 cm³/mol. The second-order valence-corrected chi connectivity index (χ2v) is 4.47. The summed E-state index contributed by atoms with van der Waals surface area (Å²) in [6.45, 7) is 0.0559. The van der Waals surface area contributed by atoms with Crippen LogP contribution in [0.1, 0.15) is 10.4 Å². The van der Waals surface area contributed by atoms with Gasteiger partial charge in [0.05, 0.1) is 11.3 Å². The van der Waals surface area contributed by atoms with E-state index < -0.39 is 17.7 Å². The molecule has 0 bridgehead atoms. The van der Waals surface area contributed by atoms with Crippen molar-refractivity contribution in [3.63, 3.8) is 0 Å². The summed E-state index contributed by atoms with van der Waals surface area (Å²) >= 11 is 3.22. The second kappa shape index (κ2) is 4.73. The van der Waals surface area contributed by atoms with Gasteiger partial charge in [-0.1, -0.05) is 12.1 Å². The first-order chi connectivity index (χ1) is 8.52. The van der Waals surface area contributed by atoms with Gasteiger partial charge in [-0.2, -0.15) is 0 Å². The zero-order valence-corrected chi connectivity index (χ0v) is 10.7. The number of Topliss-reactive ketones (excluding diaryl/α,β-unsaturated/α-hetero) is 1. The van der Waals surface area contributed by atoms with Gasteiger partial charge in [0, 0.05) is 17.1 Å². The van der Waals surface area contributed by atoms with Crippen LogP contribution in [0.25, 0.3) is 0 Å². The molecule has 18 heavy (non-hydrogen) atoms. The van der Waals surface area contributed by atoms with Crippen molar-refractivity contribution >= 4 is 39.3 Å². The standard InChI is InChI=1S/C12H8BrNO4/c13-7-3-1-4-8-10(7)11(17)12(18)14(8)6-2-5-9(15)16/h1-5H,6H2,(H,15,16)/b5-2+. The third-order valence-corrected chi connectivity index (χ3v) is 3.16. The van der Waals surface area contributed by atoms with Crippen LogP contribution in [0, 0.1) is 0 Å². The topological polar surface area (TPSA) is 74.7 Å². The van der Waals surface area contributed by atoms with Gasteiger partial charge in [0.15, 0.2) is 0 Å². The van der Waals surface area contributed by atoms with Crippen LogP contribution in [0.3, 0.4) is 0 Å². The maximum Gasteiger partial charge on any atom is 0.328 e. The first kappa shape index (κ1) is 12.5. The number of anilines is 1. The van der Waals surface area contributed by atoms with E-state index in [9.17, 15) is 14.4 Å². The summed E-state index contributed by atoms with van der Waals surface area (Å²) in [5.41, 5.74) is 0.820. The Bertz CT molecular complexity index is 579. The van der Waals surface area contributed by atoms with Crippen molar-refractivity contribution in [2.75, 3.05) is 11.4 Å². The van der Waals surface area contributed by atoms with Crippen molar-refractivity contribution < 1.29 is 19.5 Å². The molecule has 1 N–H and O–H groups in total. The van der Waals surface area contributed by atoms with E-state index in [2.05, 4.69) is 15.9 Å². The average Bonchev–Trinajstić information content (AvgIpc) is 2.55. The molecule has 1 aromatic rings. The molecule has 0 saturated carbocycles. The lowest BCUT2D eigenvalue weighted by molar-refractivity contribution is -0.131. The summed E-state index contributed by atoms with van der Waals surface area (Å²) in [5.74, 6) is -2.32. The number of carbonyl (C=O) groups is 3. The van der Waals surface area contributed by atoms with Crippen molar-refractivity contribution in [2.24, 2.45) is 0 Å². The second-order valence-electron chi connectivity index (χ2n) is 3.62. The van der Waals surface area contributed by atoms with Crippen LogP contribution in [-0.2, 0) is 9.59 Å². The number of halogens is 1. The van der Waals surface area contributed by atoms with Gasteiger partial charge in [0.25, 0.3) is 11.7 Å². The SMILES string of the molecule is O=C(O)/C=C/CN1C(=O)C(=O)c2c(Br)cccc21. The largest absolute Gasteiger partial charge is 0.478 e. The van der Waals surface area contributed by atoms with Gasteiger partial charge in [-0.05, 0) is 28.1 Å². The zero-order chi connectivity index (χ0) is 13.3. The van der Waals surface area contributed by atoms with E-state index in [1.165, 1.54) is 11.0 Å². The summed E-state index contributed by atoms with van der Waals surface area (Å²) in [6, 6.07) is 5.04. The number of hydrogen-bond acceptors (Lipinski definition) is 3. The van der Waals surface area contributed by atoms with Crippen molar-refractivity contribution in [3.05, 3.63) is 40.4 Å². The number of nitrogens with zero attached hydrogens (tertiary/aromatic N) is 1. The van der Waals surface area contributed by atoms with Crippen LogP contribution < -0.4 is 4.90 Å². The minimum absolute atomic E-state index is 0.0559. The number of benzene rings is 1. The Morgan fingerprint density at radius 2 is 2.11 bits per heavy atom. The quantitative estimate of drug-likeness (QED) is 0.680. The molecule has 1 heterocycles. The number of carbonyl (C=O) groups excluding carboxylic acids is 2. The highest BCUT2D eigenvalue weighted by atomic mass is 79.9. The fraction of sp³-hybridized carbons (Fsp3) is 0.0833. The van der Waals surface area contributed by atoms with E-state index in [0.29, 0.717) is 15.7 Å². The van der Waals surface area contributed by atoms with Crippen LogP contribution in [0.5, 0.6) is 0 Å². The van der Waals surface area contributed by atoms with Gasteiger partial charge in [0.2, 0.25) is 0 Å². The van der Waals surface area contributed by atoms with Gasteiger partial charge >= 0.3 is 5.97 Å². The molecule has 2 rings (SSSR count). The van der Waals surface area contributed by atoms with Crippen LogP contribution in [0.4, 0.5) is 5.69 Å². The van der Waals surface area contributed by atoms with E-state index >= 15 is 0 Å². The maximum absolute atomic E-state index is 11.8. The lowest BCUT2D eigenvalue weighted by Gasteiger charge is -2.13. The first-order valence-electron chi connectivity index (χ1n) is 5.06. The molecule has 1 amide bonds. The molecule has 0 spiro atoms. The molecule has 6 heteroatoms. The number of carboxylic acids is 1. The number of aliphatic carboxylic acids is 1. The minimum Gasteiger partial charge on any atom is -0.478 e. The molecule has 5 nitrogen and oxygen atoms in total. The third kappa shape index (κ3) is 2.06. The molecule has 0 fully saturated rings. The fourth-order valence-corrected chi connectivity index (χ4v) is 2.28. The molecule has 0 saturated heterocycles. The van der Waals surface area contributed by atoms with E-state index in [-0.39, 0.29) is 6.54 Å². The number of carboxylic acid groups (broad SMARTS) is 1. The van der Waals surface area contributed by atoms with Gasteiger partial charge in [0.1, 0.15) is 0 Å². The van der Waals surface area contributed by atoms with Crippen LogP contribution in [0.15, 0.2) is 34.8 Å². The van der Waals surface area contributed by atoms with Gasteiger partial charge in [-0.15, -0.1) is 0 Å². The van der Waals surface area contributed by atoms with Crippen LogP contribution in [-0.4, -0.2) is 29.3 Å². The Balaban J connectivity index is 2.35. The molecule has 0 radical (unpaired) electrons. The molecule has 1 aromatic carbocycles. The Hall–Kier alpha value is -1.95. The summed E-state index contributed by atoms with van der Waals surface area (Å²) in [7, 11) is 0. The normalized spacial score (nSPS) is 14.4. The first-order valence-corrected chi connectivity index (χ1v) is 5.86. The van der Waals surface area contributed by atoms with Crippen LogP contribution in [0.2, 0.25) is 0 Å². The smallest absolute Gasteiger partial charge is 0.328 e. The molecule has 0 aromatic heterocycles. The highest BCUT2D eigenvalue weighted by molar-refractivity contribution is 9.10. The molecule has 1 aliphatic rings. The predicted octanol–water partition coefficient (Wildman–Crippen LogP) is 1.62. The number of rotatable bonds is 3. The summed E-state index contributed by atoms with van der Waals surface area (Å²) in [4.78, 5) is 35.1. The van der Waals surface area contributed by atoms with E-state index in [4.69, 9.17) is 5.11 Å². The molecular formula is C12H8BrNO4. The molecule has 0 aliphatic carbocycles. The summed E-state index contributed by atoms with van der Waals surface area (Å²) < 4.78 is 0.558. The maximum atomic E-state index is 11.8. The van der Waals surface area contributed by atoms with E-state index in [0.717, 1.165) is 6.08 Å². The fourth-order valence-electron chi connectivity index (χ4n) is 1.74. The Morgan fingerprint density at radius 3 is 2.78 bits per heavy atom. The van der Waals surface area contributed by atoms with E-state index in [1.54, 1.807) is 18.2 Å². The van der Waals surface area contributed by atoms with E-state index in [1.807, 2.05) is 0 Å². The molecule has 0 unspecified atom stereocenters. The highest BCUT2D eigenvalue weighted by Crippen LogP contribution is 2.33. The highest BCUT2D eigenvalue weighted by Gasteiger charge is 2.36. The minimum atomic E-state index is -1.09. The van der Waals surface area contributed by atoms with Crippen molar-refractivity contribution in [2.45, 2.75) is 0 Å². The number of amides is 1. The molecule has 0 atom stereocenters. The van der Waals surface area contributed by atoms with Crippen molar-refractivity contribution in [3.8, 4) is 0 Å². The zero-order valence-electron chi connectivity index (χ0n) is 9.09. The summed E-state index contributed by atoms with van der Waals surface area (Å²) in [6.07, 6.45) is 2.26. The third-order valence-electron chi connectivity index (χ3n) is 2.50. The Labute approximate surface area is 111 Å². The van der Waals surface area contributed by atoms with Gasteiger partial charge in [-0.25, -0.2) is 4.79 Å². The van der Waals surface area contributed by atoms with Gasteiger partial charge < -0.3 is 10.0 Å². The van der Waals surface area contributed by atoms with Crippen LogP contribution >= 0.6 is 15.9 Å². The molecule has 1 aliphatic heterocycles. The number of fused-ring (bicyclic) bond motifs is 1. The van der Waals surface area contributed by atoms with Crippen molar-refractivity contribution in [1.29, 1.82) is 0 Å². The Morgan fingerprint density at radius 1 is 1.39 bits per heavy atom. The number of ketones is 1. The van der Waals surface area contributed by atoms with Crippen molar-refractivity contribution in [1.82, 2.24) is 0 Å². The molecular weight excluding hydrogens is 302 g/mol. The summed E-state index contributed by atoms with van der Waals surface area (Å²) in [5, 5.41) is 8.48. The number of hydrogen-bond donors (Lipinski definition) is 1. The lowest BCUT2D eigenvalue weighted by atomic mass is 10.1. The average molecular weight is 310 g/mol. The van der Waals surface area contributed by atoms with Gasteiger partial charge in [-0.3, -0.25) is 9.59 Å². The molecule has 92 valence electrons. The Kier molecular flexibility index (Phi) is 3.29.